The summed E-state index contributed by atoms with van der Waals surface area (Å²) in [7, 11) is 0. The van der Waals surface area contributed by atoms with Gasteiger partial charge >= 0.3 is 5.97 Å². The molecule has 0 aliphatic carbocycles. The van der Waals surface area contributed by atoms with Crippen molar-refractivity contribution in [1.29, 1.82) is 0 Å². The number of esters is 1. The van der Waals surface area contributed by atoms with Gasteiger partial charge in [-0.3, -0.25) is 9.69 Å². The van der Waals surface area contributed by atoms with E-state index in [0.717, 1.165) is 25.1 Å². The topological polar surface area (TPSA) is 29.5 Å². The number of hydrogen-bond acceptors (Lipinski definition) is 3. The smallest absolute Gasteiger partial charge is 0.317 e. The predicted molar refractivity (Wildman–Crippen MR) is 51.7 cm³/mol. The maximum absolute atomic E-state index is 11.7. The summed E-state index contributed by atoms with van der Waals surface area (Å²) >= 11 is 0. The van der Waals surface area contributed by atoms with Crippen LogP contribution in [0.4, 0.5) is 0 Å². The molecule has 3 heteroatoms. The Morgan fingerprint density at radius 3 is 3.07 bits per heavy atom. The number of fused-ring (bicyclic) bond motifs is 1. The number of rotatable bonds is 0. The zero-order valence-electron chi connectivity index (χ0n) is 8.29. The van der Waals surface area contributed by atoms with Gasteiger partial charge in [0.15, 0.2) is 0 Å². The molecule has 0 N–H and O–H groups in total. The van der Waals surface area contributed by atoms with Crippen LogP contribution in [0.3, 0.4) is 0 Å². The van der Waals surface area contributed by atoms with Gasteiger partial charge in [-0.1, -0.05) is 6.58 Å². The molecule has 0 bridgehead atoms. The van der Waals surface area contributed by atoms with Gasteiger partial charge in [0.25, 0.3) is 0 Å². The first-order valence-corrected chi connectivity index (χ1v) is 5.35. The molecule has 0 unspecified atom stereocenters. The molecule has 3 fully saturated rings. The van der Waals surface area contributed by atoms with E-state index in [2.05, 4.69) is 11.5 Å². The van der Waals surface area contributed by atoms with E-state index >= 15 is 0 Å². The number of carbonyl (C=O) groups excluding carboxylic acids is 1. The SMILES string of the molecule is C=C1[C@@H]2CCCN2C[C@@]12CCOC2=O. The molecule has 3 aliphatic rings. The third-order valence-corrected chi connectivity index (χ3v) is 4.01. The van der Waals surface area contributed by atoms with Gasteiger partial charge in [0, 0.05) is 19.0 Å². The Morgan fingerprint density at radius 1 is 1.57 bits per heavy atom. The van der Waals surface area contributed by atoms with Crippen LogP contribution in [-0.2, 0) is 9.53 Å². The lowest BCUT2D eigenvalue weighted by molar-refractivity contribution is -0.144. The fourth-order valence-electron chi connectivity index (χ4n) is 3.17. The van der Waals surface area contributed by atoms with Gasteiger partial charge in [-0.25, -0.2) is 0 Å². The second kappa shape index (κ2) is 2.60. The molecule has 14 heavy (non-hydrogen) atoms. The van der Waals surface area contributed by atoms with Crippen LogP contribution < -0.4 is 0 Å². The molecule has 2 atom stereocenters. The van der Waals surface area contributed by atoms with Crippen LogP contribution in [0.25, 0.3) is 0 Å². The second-order valence-corrected chi connectivity index (χ2v) is 4.62. The van der Waals surface area contributed by atoms with Crippen molar-refractivity contribution in [3.8, 4) is 0 Å². The number of nitrogens with zero attached hydrogens (tertiary/aromatic N) is 1. The first-order chi connectivity index (χ1) is 6.74. The molecule has 3 heterocycles. The minimum absolute atomic E-state index is 0.0306. The Morgan fingerprint density at radius 2 is 2.43 bits per heavy atom. The molecule has 0 aromatic carbocycles. The van der Waals surface area contributed by atoms with E-state index in [0.29, 0.717) is 12.6 Å². The summed E-state index contributed by atoms with van der Waals surface area (Å²) < 4.78 is 5.10. The van der Waals surface area contributed by atoms with Gasteiger partial charge < -0.3 is 4.74 Å². The van der Waals surface area contributed by atoms with Gasteiger partial charge in [-0.2, -0.15) is 0 Å². The summed E-state index contributed by atoms with van der Waals surface area (Å²) in [4.78, 5) is 14.1. The molecule has 0 aromatic rings. The largest absolute Gasteiger partial charge is 0.465 e. The summed E-state index contributed by atoms with van der Waals surface area (Å²) in [6, 6.07) is 0.459. The molecule has 76 valence electrons. The van der Waals surface area contributed by atoms with E-state index in [1.807, 2.05) is 0 Å². The van der Waals surface area contributed by atoms with E-state index in [9.17, 15) is 4.79 Å². The maximum atomic E-state index is 11.7. The van der Waals surface area contributed by atoms with Crippen molar-refractivity contribution in [1.82, 2.24) is 4.90 Å². The minimum Gasteiger partial charge on any atom is -0.465 e. The Labute approximate surface area is 83.7 Å². The molecule has 3 nitrogen and oxygen atoms in total. The van der Waals surface area contributed by atoms with Gasteiger partial charge in [0.1, 0.15) is 5.41 Å². The first-order valence-electron chi connectivity index (χ1n) is 5.35. The Balaban J connectivity index is 1.96. The minimum atomic E-state index is -0.328. The lowest BCUT2D eigenvalue weighted by Crippen LogP contribution is -2.31. The van der Waals surface area contributed by atoms with Crippen LogP contribution in [0.15, 0.2) is 12.2 Å². The molecule has 1 spiro atoms. The monoisotopic (exact) mass is 193 g/mol. The molecule has 3 saturated heterocycles. The number of cyclic esters (lactones) is 1. The van der Waals surface area contributed by atoms with Crippen LogP contribution in [-0.4, -0.2) is 36.6 Å². The van der Waals surface area contributed by atoms with E-state index < -0.39 is 0 Å². The molecule has 3 aliphatic heterocycles. The number of ether oxygens (including phenoxy) is 1. The molecular weight excluding hydrogens is 178 g/mol. The fraction of sp³-hybridized carbons (Fsp3) is 0.727. The zero-order chi connectivity index (χ0) is 9.76. The van der Waals surface area contributed by atoms with Gasteiger partial charge in [0.05, 0.1) is 6.61 Å². The van der Waals surface area contributed by atoms with E-state index in [-0.39, 0.29) is 11.4 Å². The van der Waals surface area contributed by atoms with Crippen LogP contribution in [0.5, 0.6) is 0 Å². The van der Waals surface area contributed by atoms with Crippen LogP contribution in [0.1, 0.15) is 19.3 Å². The highest BCUT2D eigenvalue weighted by Crippen LogP contribution is 2.48. The molecule has 0 amide bonds. The highest BCUT2D eigenvalue weighted by atomic mass is 16.5. The summed E-state index contributed by atoms with van der Waals surface area (Å²) in [6.07, 6.45) is 3.26. The molecule has 0 aromatic heterocycles. The molecule has 3 rings (SSSR count). The molecule has 0 radical (unpaired) electrons. The van der Waals surface area contributed by atoms with Crippen molar-refractivity contribution in [3.63, 3.8) is 0 Å². The number of carbonyl (C=O) groups is 1. The van der Waals surface area contributed by atoms with E-state index in [4.69, 9.17) is 4.74 Å². The number of hydrogen-bond donors (Lipinski definition) is 0. The maximum Gasteiger partial charge on any atom is 0.317 e. The summed E-state index contributed by atoms with van der Waals surface area (Å²) in [5, 5.41) is 0. The zero-order valence-corrected chi connectivity index (χ0v) is 8.29. The van der Waals surface area contributed by atoms with Gasteiger partial charge in [-0.05, 0) is 25.0 Å². The Hall–Kier alpha value is -0.830. The van der Waals surface area contributed by atoms with Crippen LogP contribution in [0, 0.1) is 5.41 Å². The third kappa shape index (κ3) is 0.836. The Bertz CT molecular complexity index is 312. The van der Waals surface area contributed by atoms with Crippen LogP contribution >= 0.6 is 0 Å². The first kappa shape index (κ1) is 8.48. The predicted octanol–water partition coefficient (Wildman–Crippen LogP) is 0.954. The average molecular weight is 193 g/mol. The fourth-order valence-corrected chi connectivity index (χ4v) is 3.17. The normalized spacial score (nSPS) is 42.1. The summed E-state index contributed by atoms with van der Waals surface area (Å²) in [5.41, 5.74) is 0.794. The Kier molecular flexibility index (Phi) is 1.57. The van der Waals surface area contributed by atoms with Crippen LogP contribution in [0.2, 0.25) is 0 Å². The summed E-state index contributed by atoms with van der Waals surface area (Å²) in [6.45, 7) is 6.70. The summed E-state index contributed by atoms with van der Waals surface area (Å²) in [5.74, 6) is -0.0306. The van der Waals surface area contributed by atoms with Crippen molar-refractivity contribution in [2.75, 3.05) is 19.7 Å². The van der Waals surface area contributed by atoms with E-state index in [1.54, 1.807) is 0 Å². The van der Waals surface area contributed by atoms with Gasteiger partial charge in [-0.15, -0.1) is 0 Å². The van der Waals surface area contributed by atoms with E-state index in [1.165, 1.54) is 12.8 Å². The van der Waals surface area contributed by atoms with Crippen molar-refractivity contribution in [3.05, 3.63) is 12.2 Å². The lowest BCUT2D eigenvalue weighted by Gasteiger charge is -2.19. The van der Waals surface area contributed by atoms with Gasteiger partial charge in [0.2, 0.25) is 0 Å². The highest BCUT2D eigenvalue weighted by molar-refractivity contribution is 5.83. The van der Waals surface area contributed by atoms with Crippen molar-refractivity contribution in [2.24, 2.45) is 5.41 Å². The standard InChI is InChI=1S/C11H15NO2/c1-8-9-3-2-5-12(9)7-11(8)4-6-14-10(11)13/h9H,1-7H2/t9-,11-/m0/s1. The quantitative estimate of drug-likeness (QED) is 0.424. The highest BCUT2D eigenvalue weighted by Gasteiger charge is 2.56. The average Bonchev–Trinajstić information content (AvgIpc) is 2.79. The lowest BCUT2D eigenvalue weighted by atomic mass is 9.79. The van der Waals surface area contributed by atoms with Crippen molar-refractivity contribution >= 4 is 5.97 Å². The van der Waals surface area contributed by atoms with Crippen molar-refractivity contribution < 1.29 is 9.53 Å². The molecular formula is C11H15NO2. The van der Waals surface area contributed by atoms with Crippen molar-refractivity contribution in [2.45, 2.75) is 25.3 Å². The second-order valence-electron chi connectivity index (χ2n) is 4.62. The third-order valence-electron chi connectivity index (χ3n) is 4.01. The molecule has 0 saturated carbocycles.